The molecular formula is C14H20N2O4. The molecule has 1 aliphatic rings. The van der Waals surface area contributed by atoms with E-state index in [9.17, 15) is 4.79 Å². The highest BCUT2D eigenvalue weighted by Crippen LogP contribution is 2.26. The van der Waals surface area contributed by atoms with Crippen molar-refractivity contribution in [3.63, 3.8) is 0 Å². The van der Waals surface area contributed by atoms with Gasteiger partial charge in [-0.15, -0.1) is 0 Å². The van der Waals surface area contributed by atoms with E-state index in [1.165, 1.54) is 7.11 Å². The summed E-state index contributed by atoms with van der Waals surface area (Å²) >= 11 is 0. The summed E-state index contributed by atoms with van der Waals surface area (Å²) in [6, 6.07) is 5.09. The first kappa shape index (κ1) is 14.6. The number of carbonyl (C=O) groups is 1. The quantitative estimate of drug-likeness (QED) is 0.780. The first-order chi connectivity index (χ1) is 9.62. The van der Waals surface area contributed by atoms with Crippen LogP contribution in [0.3, 0.4) is 0 Å². The maximum Gasteiger partial charge on any atom is 0.255 e. The fourth-order valence-corrected chi connectivity index (χ4v) is 2.26. The Morgan fingerprint density at radius 2 is 2.30 bits per heavy atom. The third-order valence-corrected chi connectivity index (χ3v) is 3.57. The Balaban J connectivity index is 2.07. The molecule has 1 unspecified atom stereocenters. The van der Waals surface area contributed by atoms with E-state index in [1.54, 1.807) is 25.3 Å². The second-order valence-electron chi connectivity index (χ2n) is 4.80. The van der Waals surface area contributed by atoms with Crippen molar-refractivity contribution in [1.29, 1.82) is 0 Å². The Kier molecular flexibility index (Phi) is 4.46. The van der Waals surface area contributed by atoms with Crippen LogP contribution in [0.25, 0.3) is 0 Å². The Morgan fingerprint density at radius 1 is 1.50 bits per heavy atom. The number of nitrogen functional groups attached to an aromatic ring is 1. The van der Waals surface area contributed by atoms with Gasteiger partial charge in [0.05, 0.1) is 25.0 Å². The standard InChI is InChI=1S/C14H20N2O4/c1-18-12-10(4-3-5-11(12)15)13(17)16-8-14(19-2)6-7-20-9-14/h3-5H,6-9,15H2,1-2H3,(H,16,17). The number of amides is 1. The molecular weight excluding hydrogens is 260 g/mol. The number of anilines is 1. The van der Waals surface area contributed by atoms with Crippen molar-refractivity contribution in [2.75, 3.05) is 39.7 Å². The van der Waals surface area contributed by atoms with Gasteiger partial charge in [-0.1, -0.05) is 6.07 Å². The molecule has 1 aromatic rings. The summed E-state index contributed by atoms with van der Waals surface area (Å²) < 4.78 is 16.0. The van der Waals surface area contributed by atoms with Crippen molar-refractivity contribution in [2.45, 2.75) is 12.0 Å². The summed E-state index contributed by atoms with van der Waals surface area (Å²) in [4.78, 5) is 12.2. The third kappa shape index (κ3) is 2.86. The molecule has 0 aliphatic carbocycles. The largest absolute Gasteiger partial charge is 0.494 e. The van der Waals surface area contributed by atoms with Gasteiger partial charge in [0.15, 0.2) is 5.75 Å². The van der Waals surface area contributed by atoms with Crippen molar-refractivity contribution >= 4 is 11.6 Å². The zero-order valence-corrected chi connectivity index (χ0v) is 11.8. The highest BCUT2D eigenvalue weighted by atomic mass is 16.5. The van der Waals surface area contributed by atoms with Gasteiger partial charge >= 0.3 is 0 Å². The minimum Gasteiger partial charge on any atom is -0.494 e. The van der Waals surface area contributed by atoms with Crippen LogP contribution < -0.4 is 15.8 Å². The zero-order chi connectivity index (χ0) is 14.6. The number of benzene rings is 1. The van der Waals surface area contributed by atoms with Gasteiger partial charge in [-0.05, 0) is 12.1 Å². The van der Waals surface area contributed by atoms with E-state index in [0.717, 1.165) is 6.42 Å². The Morgan fingerprint density at radius 3 is 2.90 bits per heavy atom. The molecule has 0 aromatic heterocycles. The van der Waals surface area contributed by atoms with E-state index in [1.807, 2.05) is 0 Å². The molecule has 0 saturated carbocycles. The Hall–Kier alpha value is -1.79. The number of hydrogen-bond donors (Lipinski definition) is 2. The maximum atomic E-state index is 12.2. The van der Waals surface area contributed by atoms with E-state index >= 15 is 0 Å². The first-order valence-corrected chi connectivity index (χ1v) is 6.45. The fourth-order valence-electron chi connectivity index (χ4n) is 2.26. The smallest absolute Gasteiger partial charge is 0.255 e. The molecule has 6 heteroatoms. The van der Waals surface area contributed by atoms with Gasteiger partial charge in [-0.2, -0.15) is 0 Å². The summed E-state index contributed by atoms with van der Waals surface area (Å²) in [5.74, 6) is 0.150. The minimum atomic E-state index is -0.441. The van der Waals surface area contributed by atoms with Gasteiger partial charge in [0.2, 0.25) is 0 Å². The number of para-hydroxylation sites is 1. The molecule has 0 radical (unpaired) electrons. The fraction of sp³-hybridized carbons (Fsp3) is 0.500. The van der Waals surface area contributed by atoms with Crippen molar-refractivity contribution < 1.29 is 19.0 Å². The summed E-state index contributed by atoms with van der Waals surface area (Å²) in [6.07, 6.45) is 0.762. The number of methoxy groups -OCH3 is 2. The lowest BCUT2D eigenvalue weighted by Gasteiger charge is -2.26. The normalized spacial score (nSPS) is 21.7. The SMILES string of the molecule is COc1c(N)cccc1C(=O)NCC1(OC)CCOC1. The summed E-state index contributed by atoms with van der Waals surface area (Å²) in [6.45, 7) is 1.52. The van der Waals surface area contributed by atoms with Gasteiger partial charge < -0.3 is 25.3 Å². The van der Waals surface area contributed by atoms with Crippen LogP contribution in [0, 0.1) is 0 Å². The van der Waals surface area contributed by atoms with Crippen LogP contribution in [0.15, 0.2) is 18.2 Å². The molecule has 1 atom stereocenters. The van der Waals surface area contributed by atoms with Crippen LogP contribution in [0.4, 0.5) is 5.69 Å². The highest BCUT2D eigenvalue weighted by molar-refractivity contribution is 5.98. The average Bonchev–Trinajstić information content (AvgIpc) is 2.94. The molecule has 0 spiro atoms. The lowest BCUT2D eigenvalue weighted by atomic mass is 10.0. The van der Waals surface area contributed by atoms with Gasteiger partial charge in [-0.3, -0.25) is 4.79 Å². The predicted molar refractivity (Wildman–Crippen MR) is 74.9 cm³/mol. The molecule has 2 rings (SSSR count). The molecule has 20 heavy (non-hydrogen) atoms. The van der Waals surface area contributed by atoms with E-state index in [2.05, 4.69) is 5.32 Å². The van der Waals surface area contributed by atoms with Crippen LogP contribution in [0.5, 0.6) is 5.75 Å². The van der Waals surface area contributed by atoms with Crippen molar-refractivity contribution in [1.82, 2.24) is 5.32 Å². The number of nitrogens with two attached hydrogens (primary N) is 1. The second kappa shape index (κ2) is 6.11. The van der Waals surface area contributed by atoms with E-state index in [4.69, 9.17) is 19.9 Å². The molecule has 1 amide bonds. The predicted octanol–water partition coefficient (Wildman–Crippen LogP) is 0.813. The Bertz CT molecular complexity index is 484. The van der Waals surface area contributed by atoms with E-state index in [-0.39, 0.29) is 5.91 Å². The average molecular weight is 280 g/mol. The monoisotopic (exact) mass is 280 g/mol. The molecule has 6 nitrogen and oxygen atoms in total. The molecule has 110 valence electrons. The molecule has 3 N–H and O–H groups in total. The van der Waals surface area contributed by atoms with Crippen LogP contribution >= 0.6 is 0 Å². The number of nitrogens with one attached hydrogen (secondary N) is 1. The second-order valence-corrected chi connectivity index (χ2v) is 4.80. The summed E-state index contributed by atoms with van der Waals surface area (Å²) in [5.41, 5.74) is 6.20. The van der Waals surface area contributed by atoms with Crippen molar-refractivity contribution in [2.24, 2.45) is 0 Å². The molecule has 1 saturated heterocycles. The van der Waals surface area contributed by atoms with Gasteiger partial charge in [0.1, 0.15) is 5.60 Å². The van der Waals surface area contributed by atoms with Crippen LogP contribution in [0.2, 0.25) is 0 Å². The van der Waals surface area contributed by atoms with Crippen LogP contribution in [0.1, 0.15) is 16.8 Å². The van der Waals surface area contributed by atoms with Crippen LogP contribution in [-0.2, 0) is 9.47 Å². The number of hydrogen-bond acceptors (Lipinski definition) is 5. The van der Waals surface area contributed by atoms with Crippen LogP contribution in [-0.4, -0.2) is 45.5 Å². The van der Waals surface area contributed by atoms with Gasteiger partial charge in [0.25, 0.3) is 5.91 Å². The zero-order valence-electron chi connectivity index (χ0n) is 11.8. The summed E-state index contributed by atoms with van der Waals surface area (Å²) in [7, 11) is 3.12. The lowest BCUT2D eigenvalue weighted by molar-refractivity contribution is -0.0148. The minimum absolute atomic E-state index is 0.238. The van der Waals surface area contributed by atoms with Crippen molar-refractivity contribution in [3.8, 4) is 5.75 Å². The lowest BCUT2D eigenvalue weighted by Crippen LogP contribution is -2.45. The highest BCUT2D eigenvalue weighted by Gasteiger charge is 2.35. The topological polar surface area (TPSA) is 82.8 Å². The Labute approximate surface area is 118 Å². The maximum absolute atomic E-state index is 12.2. The summed E-state index contributed by atoms with van der Waals surface area (Å²) in [5, 5.41) is 2.86. The molecule has 1 aromatic carbocycles. The molecule has 1 fully saturated rings. The molecule has 1 heterocycles. The van der Waals surface area contributed by atoms with E-state index < -0.39 is 5.60 Å². The van der Waals surface area contributed by atoms with Gasteiger partial charge in [-0.25, -0.2) is 0 Å². The van der Waals surface area contributed by atoms with E-state index in [0.29, 0.717) is 36.8 Å². The van der Waals surface area contributed by atoms with Crippen molar-refractivity contribution in [3.05, 3.63) is 23.8 Å². The number of ether oxygens (including phenoxy) is 3. The molecule has 1 aliphatic heterocycles. The number of carbonyl (C=O) groups excluding carboxylic acids is 1. The van der Waals surface area contributed by atoms with Gasteiger partial charge in [0, 0.05) is 26.7 Å². The third-order valence-electron chi connectivity index (χ3n) is 3.57. The number of rotatable bonds is 5. The molecule has 0 bridgehead atoms. The first-order valence-electron chi connectivity index (χ1n) is 6.45.